The fourth-order valence-corrected chi connectivity index (χ4v) is 2.60. The van der Waals surface area contributed by atoms with Crippen molar-refractivity contribution in [1.29, 1.82) is 0 Å². The van der Waals surface area contributed by atoms with Crippen LogP contribution in [0.25, 0.3) is 0 Å². The van der Waals surface area contributed by atoms with Crippen LogP contribution in [-0.4, -0.2) is 17.5 Å². The molecule has 0 bridgehead atoms. The third kappa shape index (κ3) is 3.65. The first-order valence-electron chi connectivity index (χ1n) is 7.52. The van der Waals surface area contributed by atoms with Gasteiger partial charge >= 0.3 is 12.4 Å². The Kier molecular flexibility index (Phi) is 5.28. The molecule has 0 spiro atoms. The quantitative estimate of drug-likeness (QED) is 0.742. The summed E-state index contributed by atoms with van der Waals surface area (Å²) in [5, 5.41) is 9.51. The highest BCUT2D eigenvalue weighted by Gasteiger charge is 2.71. The molecule has 2 aromatic rings. The zero-order valence-corrected chi connectivity index (χ0v) is 13.9. The Morgan fingerprint density at radius 3 is 1.73 bits per heavy atom. The van der Waals surface area contributed by atoms with Gasteiger partial charge in [0, 0.05) is 5.56 Å². The number of hydrogen-bond acceptors (Lipinski definition) is 2. The molecule has 0 aliphatic heterocycles. The summed E-state index contributed by atoms with van der Waals surface area (Å²) in [5.74, 6) is 0.171. The van der Waals surface area contributed by atoms with Gasteiger partial charge in [0.2, 0.25) is 0 Å². The lowest BCUT2D eigenvalue weighted by molar-refractivity contribution is -0.376. The zero-order valence-electron chi connectivity index (χ0n) is 13.9. The van der Waals surface area contributed by atoms with E-state index in [0.717, 1.165) is 5.56 Å². The normalized spacial score (nSPS) is 13.0. The molecule has 0 fully saturated rings. The van der Waals surface area contributed by atoms with Crippen molar-refractivity contribution in [1.82, 2.24) is 0 Å². The van der Waals surface area contributed by atoms with Gasteiger partial charge < -0.3 is 9.84 Å². The van der Waals surface area contributed by atoms with E-state index in [-0.39, 0.29) is 23.5 Å². The van der Waals surface area contributed by atoms with Crippen LogP contribution in [0.2, 0.25) is 0 Å². The Morgan fingerprint density at radius 1 is 0.846 bits per heavy atom. The highest BCUT2D eigenvalue weighted by Crippen LogP contribution is 2.50. The number of benzene rings is 2. The van der Waals surface area contributed by atoms with Crippen LogP contribution < -0.4 is 4.74 Å². The van der Waals surface area contributed by atoms with E-state index >= 15 is 0 Å². The van der Waals surface area contributed by atoms with Crippen molar-refractivity contribution in [3.63, 3.8) is 0 Å². The zero-order chi connectivity index (χ0) is 19.8. The van der Waals surface area contributed by atoms with Crippen LogP contribution >= 0.6 is 0 Å². The van der Waals surface area contributed by atoms with Crippen molar-refractivity contribution in [3.8, 4) is 5.75 Å². The van der Waals surface area contributed by atoms with Crippen molar-refractivity contribution in [2.75, 3.05) is 0 Å². The summed E-state index contributed by atoms with van der Waals surface area (Å²) >= 11 is 0. The molecule has 0 heterocycles. The average Bonchev–Trinajstić information content (AvgIpc) is 2.52. The molecule has 0 unspecified atom stereocenters. The van der Waals surface area contributed by atoms with E-state index in [9.17, 15) is 31.4 Å². The van der Waals surface area contributed by atoms with Gasteiger partial charge in [0.05, 0.1) is 0 Å². The molecule has 0 aliphatic carbocycles. The van der Waals surface area contributed by atoms with Crippen molar-refractivity contribution >= 4 is 0 Å². The molecule has 26 heavy (non-hydrogen) atoms. The van der Waals surface area contributed by atoms with Crippen molar-refractivity contribution < 1.29 is 36.2 Å². The summed E-state index contributed by atoms with van der Waals surface area (Å²) in [4.78, 5) is 0. The smallest absolute Gasteiger partial charge is 0.430 e. The molecule has 0 atom stereocenters. The van der Waals surface area contributed by atoms with Gasteiger partial charge in [0.1, 0.15) is 12.4 Å². The predicted molar refractivity (Wildman–Crippen MR) is 82.7 cm³/mol. The Labute approximate surface area is 146 Å². The Morgan fingerprint density at radius 2 is 1.31 bits per heavy atom. The fourth-order valence-electron chi connectivity index (χ4n) is 2.60. The van der Waals surface area contributed by atoms with E-state index in [1.54, 1.807) is 30.3 Å². The van der Waals surface area contributed by atoms with E-state index in [1.807, 2.05) is 0 Å². The maximum absolute atomic E-state index is 13.0. The van der Waals surface area contributed by atoms with Crippen LogP contribution in [0.3, 0.4) is 0 Å². The molecular formula is C18H16F6O2. The van der Waals surface area contributed by atoms with Crippen LogP contribution in [0.1, 0.15) is 22.3 Å². The van der Waals surface area contributed by atoms with Crippen molar-refractivity contribution in [2.45, 2.75) is 38.4 Å². The number of halogens is 6. The number of aliphatic hydroxyl groups is 1. The van der Waals surface area contributed by atoms with E-state index in [4.69, 9.17) is 4.74 Å². The lowest BCUT2D eigenvalue weighted by Crippen LogP contribution is -2.54. The molecular weight excluding hydrogens is 362 g/mol. The first-order valence-corrected chi connectivity index (χ1v) is 7.52. The van der Waals surface area contributed by atoms with Crippen LogP contribution in [0.5, 0.6) is 5.75 Å². The van der Waals surface area contributed by atoms with E-state index in [2.05, 4.69) is 0 Å². The number of hydrogen-bond donors (Lipinski definition) is 1. The molecule has 0 amide bonds. The summed E-state index contributed by atoms with van der Waals surface area (Å²) in [5.41, 5.74) is -5.34. The summed E-state index contributed by atoms with van der Waals surface area (Å²) in [6, 6.07) is 10.2. The van der Waals surface area contributed by atoms with Gasteiger partial charge in [0.15, 0.2) is 0 Å². The first kappa shape index (κ1) is 20.1. The van der Waals surface area contributed by atoms with Gasteiger partial charge in [-0.05, 0) is 42.7 Å². The standard InChI is InChI=1S/C18H16F6O2/c1-11-8-14(16(25,17(19,20)21)18(22,23)24)9-12(2)15(11)26-10-13-6-4-3-5-7-13/h3-9,25H,10H2,1-2H3. The van der Waals surface area contributed by atoms with Crippen LogP contribution in [0, 0.1) is 13.8 Å². The molecule has 2 aromatic carbocycles. The number of ether oxygens (including phenoxy) is 1. The van der Waals surface area contributed by atoms with E-state index in [1.165, 1.54) is 13.8 Å². The first-order chi connectivity index (χ1) is 11.9. The summed E-state index contributed by atoms with van der Waals surface area (Å²) in [6.45, 7) is 2.75. The molecule has 2 nitrogen and oxygen atoms in total. The molecule has 0 radical (unpaired) electrons. The third-order valence-corrected chi connectivity index (χ3v) is 3.92. The Balaban J connectivity index is 2.42. The number of alkyl halides is 6. The highest BCUT2D eigenvalue weighted by molar-refractivity contribution is 5.46. The summed E-state index contributed by atoms with van der Waals surface area (Å²) in [6.07, 6.45) is -11.8. The minimum atomic E-state index is -5.92. The molecule has 0 saturated heterocycles. The summed E-state index contributed by atoms with van der Waals surface area (Å²) in [7, 11) is 0. The minimum Gasteiger partial charge on any atom is -0.488 e. The second kappa shape index (κ2) is 6.83. The average molecular weight is 378 g/mol. The van der Waals surface area contributed by atoms with Crippen LogP contribution in [0.4, 0.5) is 26.3 Å². The SMILES string of the molecule is Cc1cc(C(O)(C(F)(F)F)C(F)(F)F)cc(C)c1OCc1ccccc1. The molecule has 8 heteroatoms. The second-order valence-corrected chi connectivity index (χ2v) is 5.92. The lowest BCUT2D eigenvalue weighted by atomic mass is 9.89. The van der Waals surface area contributed by atoms with Gasteiger partial charge in [-0.3, -0.25) is 0 Å². The van der Waals surface area contributed by atoms with E-state index < -0.39 is 23.5 Å². The van der Waals surface area contributed by atoms with Crippen LogP contribution in [0.15, 0.2) is 42.5 Å². The monoisotopic (exact) mass is 378 g/mol. The molecule has 0 aromatic heterocycles. The van der Waals surface area contributed by atoms with Crippen molar-refractivity contribution in [2.24, 2.45) is 0 Å². The predicted octanol–water partition coefficient (Wildman–Crippen LogP) is 5.19. The fraction of sp³-hybridized carbons (Fsp3) is 0.333. The Bertz CT molecular complexity index is 728. The Hall–Kier alpha value is -2.22. The molecule has 1 N–H and O–H groups in total. The van der Waals surface area contributed by atoms with Gasteiger partial charge in [-0.2, -0.15) is 26.3 Å². The van der Waals surface area contributed by atoms with Gasteiger partial charge in [-0.1, -0.05) is 30.3 Å². The van der Waals surface area contributed by atoms with Crippen LogP contribution in [-0.2, 0) is 12.2 Å². The maximum Gasteiger partial charge on any atom is 0.430 e. The largest absolute Gasteiger partial charge is 0.488 e. The minimum absolute atomic E-state index is 0.0582. The number of aryl methyl sites for hydroxylation is 2. The lowest BCUT2D eigenvalue weighted by Gasteiger charge is -2.33. The van der Waals surface area contributed by atoms with Crippen molar-refractivity contribution in [3.05, 3.63) is 64.7 Å². The molecule has 142 valence electrons. The van der Waals surface area contributed by atoms with E-state index in [0.29, 0.717) is 12.1 Å². The van der Waals surface area contributed by atoms with Gasteiger partial charge in [-0.25, -0.2) is 0 Å². The molecule has 0 aliphatic rings. The topological polar surface area (TPSA) is 29.5 Å². The molecule has 0 saturated carbocycles. The summed E-state index contributed by atoms with van der Waals surface area (Å²) < 4.78 is 83.7. The van der Waals surface area contributed by atoms with Gasteiger partial charge in [0.25, 0.3) is 5.60 Å². The highest BCUT2D eigenvalue weighted by atomic mass is 19.4. The second-order valence-electron chi connectivity index (χ2n) is 5.92. The van der Waals surface area contributed by atoms with Gasteiger partial charge in [-0.15, -0.1) is 0 Å². The third-order valence-electron chi connectivity index (χ3n) is 3.92. The molecule has 2 rings (SSSR count). The number of rotatable bonds is 4. The maximum atomic E-state index is 13.0.